The lowest BCUT2D eigenvalue weighted by atomic mass is 10.1. The van der Waals surface area contributed by atoms with Gasteiger partial charge in [0.1, 0.15) is 5.82 Å². The summed E-state index contributed by atoms with van der Waals surface area (Å²) < 4.78 is 12.8. The zero-order chi connectivity index (χ0) is 14.5. The summed E-state index contributed by atoms with van der Waals surface area (Å²) >= 11 is 13.3. The molecule has 1 N–H and O–H groups in total. The van der Waals surface area contributed by atoms with Crippen LogP contribution in [0.5, 0.6) is 0 Å². The van der Waals surface area contributed by atoms with Crippen LogP contribution in [0.4, 0.5) is 4.39 Å². The minimum Gasteiger partial charge on any atom is -0.392 e. The number of aliphatic hydroxyl groups is 1. The highest BCUT2D eigenvalue weighted by Gasteiger charge is 2.08. The van der Waals surface area contributed by atoms with Gasteiger partial charge in [-0.15, -0.1) is 11.8 Å². The summed E-state index contributed by atoms with van der Waals surface area (Å²) in [6, 6.07) is 11.5. The monoisotopic (exact) mass is 330 g/mol. The van der Waals surface area contributed by atoms with Crippen LogP contribution in [0, 0.1) is 5.82 Å². The summed E-state index contributed by atoms with van der Waals surface area (Å²) in [6.45, 7) is 0. The third kappa shape index (κ3) is 4.67. The summed E-state index contributed by atoms with van der Waals surface area (Å²) in [7, 11) is 0. The minimum absolute atomic E-state index is 0.259. The quantitative estimate of drug-likeness (QED) is 0.792. The smallest absolute Gasteiger partial charge is 0.123 e. The molecule has 5 heteroatoms. The lowest BCUT2D eigenvalue weighted by Crippen LogP contribution is -2.13. The Morgan fingerprint density at radius 3 is 2.40 bits per heavy atom. The summed E-state index contributed by atoms with van der Waals surface area (Å²) in [5.74, 6) is 0.275. The molecule has 0 fully saturated rings. The minimum atomic E-state index is -0.498. The molecule has 0 saturated heterocycles. The van der Waals surface area contributed by atoms with Gasteiger partial charge in [-0.2, -0.15) is 0 Å². The molecule has 0 heterocycles. The van der Waals surface area contributed by atoms with Crippen molar-refractivity contribution in [2.75, 3.05) is 5.75 Å². The molecular weight excluding hydrogens is 318 g/mol. The van der Waals surface area contributed by atoms with Crippen molar-refractivity contribution in [1.29, 1.82) is 0 Å². The first-order valence-corrected chi connectivity index (χ1v) is 7.79. The second kappa shape index (κ2) is 7.32. The fourth-order valence-electron chi connectivity index (χ4n) is 1.72. The topological polar surface area (TPSA) is 20.2 Å². The summed E-state index contributed by atoms with van der Waals surface area (Å²) in [5.41, 5.74) is 0.937. The van der Waals surface area contributed by atoms with Gasteiger partial charge in [-0.25, -0.2) is 4.39 Å². The van der Waals surface area contributed by atoms with E-state index in [1.807, 2.05) is 6.07 Å². The number of thioether (sulfide) groups is 1. The zero-order valence-corrected chi connectivity index (χ0v) is 12.9. The van der Waals surface area contributed by atoms with E-state index < -0.39 is 6.10 Å². The van der Waals surface area contributed by atoms with Gasteiger partial charge < -0.3 is 5.11 Å². The van der Waals surface area contributed by atoms with Crippen molar-refractivity contribution in [1.82, 2.24) is 0 Å². The van der Waals surface area contributed by atoms with Crippen molar-refractivity contribution in [2.24, 2.45) is 0 Å². The van der Waals surface area contributed by atoms with Gasteiger partial charge >= 0.3 is 0 Å². The van der Waals surface area contributed by atoms with E-state index in [2.05, 4.69) is 0 Å². The molecule has 1 nitrogen and oxygen atoms in total. The van der Waals surface area contributed by atoms with Crippen molar-refractivity contribution in [3.05, 3.63) is 63.9 Å². The predicted octanol–water partition coefficient (Wildman–Crippen LogP) is 4.83. The highest BCUT2D eigenvalue weighted by Crippen LogP contribution is 2.24. The van der Waals surface area contributed by atoms with Crippen LogP contribution in [0.3, 0.4) is 0 Å². The van der Waals surface area contributed by atoms with Gasteiger partial charge in [0.25, 0.3) is 0 Å². The van der Waals surface area contributed by atoms with Gasteiger partial charge in [-0.3, -0.25) is 0 Å². The number of benzene rings is 2. The van der Waals surface area contributed by atoms with Crippen molar-refractivity contribution in [2.45, 2.75) is 17.4 Å². The molecule has 2 aromatic carbocycles. The summed E-state index contributed by atoms with van der Waals surface area (Å²) in [4.78, 5) is 0.930. The molecule has 2 aromatic rings. The van der Waals surface area contributed by atoms with Crippen LogP contribution < -0.4 is 0 Å². The van der Waals surface area contributed by atoms with Crippen LogP contribution in [0.25, 0.3) is 0 Å². The number of aliphatic hydroxyl groups excluding tert-OH is 1. The first-order valence-electron chi connectivity index (χ1n) is 6.05. The highest BCUT2D eigenvalue weighted by atomic mass is 35.5. The average molecular weight is 331 g/mol. The Morgan fingerprint density at radius 1 is 1.05 bits per heavy atom. The number of hydrogen-bond donors (Lipinski definition) is 1. The van der Waals surface area contributed by atoms with Crippen molar-refractivity contribution in [3.8, 4) is 0 Å². The van der Waals surface area contributed by atoms with Crippen LogP contribution in [0.1, 0.15) is 5.56 Å². The maximum Gasteiger partial charge on any atom is 0.123 e. The van der Waals surface area contributed by atoms with Crippen molar-refractivity contribution < 1.29 is 9.50 Å². The average Bonchev–Trinajstić information content (AvgIpc) is 2.42. The van der Waals surface area contributed by atoms with E-state index in [0.29, 0.717) is 22.2 Å². The van der Waals surface area contributed by atoms with Crippen LogP contribution in [-0.4, -0.2) is 17.0 Å². The molecule has 0 saturated carbocycles. The van der Waals surface area contributed by atoms with E-state index in [0.717, 1.165) is 10.5 Å². The molecule has 2 rings (SSSR count). The Labute approximate surface area is 131 Å². The molecule has 0 aliphatic carbocycles. The van der Waals surface area contributed by atoms with Gasteiger partial charge in [0, 0.05) is 10.6 Å². The lowest BCUT2D eigenvalue weighted by molar-refractivity contribution is 0.200. The summed E-state index contributed by atoms with van der Waals surface area (Å²) in [5, 5.41) is 11.0. The number of halogens is 3. The molecule has 1 atom stereocenters. The fraction of sp³-hybridized carbons (Fsp3) is 0.200. The third-order valence-corrected chi connectivity index (χ3v) is 4.61. The normalized spacial score (nSPS) is 12.4. The van der Waals surface area contributed by atoms with E-state index in [1.54, 1.807) is 24.3 Å². The molecular formula is C15H13Cl2FOS. The molecule has 0 spiro atoms. The second-order valence-electron chi connectivity index (χ2n) is 4.37. The Hall–Kier alpha value is -0.740. The number of rotatable bonds is 5. The molecule has 20 heavy (non-hydrogen) atoms. The maximum atomic E-state index is 12.8. The van der Waals surface area contributed by atoms with Gasteiger partial charge in [0.05, 0.1) is 16.1 Å². The van der Waals surface area contributed by atoms with Gasteiger partial charge in [0.15, 0.2) is 0 Å². The molecule has 1 unspecified atom stereocenters. The van der Waals surface area contributed by atoms with E-state index in [4.69, 9.17) is 23.2 Å². The largest absolute Gasteiger partial charge is 0.392 e. The van der Waals surface area contributed by atoms with Crippen LogP contribution in [0.15, 0.2) is 47.4 Å². The predicted molar refractivity (Wildman–Crippen MR) is 83.3 cm³/mol. The molecule has 0 radical (unpaired) electrons. The van der Waals surface area contributed by atoms with Crippen molar-refractivity contribution >= 4 is 35.0 Å². The Balaban J connectivity index is 1.87. The van der Waals surface area contributed by atoms with Gasteiger partial charge in [0.2, 0.25) is 0 Å². The molecule has 0 amide bonds. The van der Waals surface area contributed by atoms with Crippen molar-refractivity contribution in [3.63, 3.8) is 0 Å². The SMILES string of the molecule is OC(CSc1ccc(F)cc1)Cc1ccc(Cl)c(Cl)c1. The molecule has 0 bridgehead atoms. The van der Waals surface area contributed by atoms with E-state index in [9.17, 15) is 9.50 Å². The second-order valence-corrected chi connectivity index (χ2v) is 6.28. The van der Waals surface area contributed by atoms with Gasteiger partial charge in [-0.05, 0) is 48.4 Å². The van der Waals surface area contributed by atoms with E-state index >= 15 is 0 Å². The molecule has 0 aliphatic heterocycles. The first kappa shape index (κ1) is 15.6. The first-order chi connectivity index (χ1) is 9.54. The summed E-state index contributed by atoms with van der Waals surface area (Å²) in [6.07, 6.45) is 0.00717. The van der Waals surface area contributed by atoms with Crippen LogP contribution in [0.2, 0.25) is 10.0 Å². The molecule has 106 valence electrons. The van der Waals surface area contributed by atoms with Gasteiger partial charge in [-0.1, -0.05) is 29.3 Å². The highest BCUT2D eigenvalue weighted by molar-refractivity contribution is 7.99. The standard InChI is InChI=1S/C15H13Cl2FOS/c16-14-6-1-10(8-15(14)17)7-12(19)9-20-13-4-2-11(18)3-5-13/h1-6,8,12,19H,7,9H2. The maximum absolute atomic E-state index is 12.8. The fourth-order valence-corrected chi connectivity index (χ4v) is 2.87. The Bertz CT molecular complexity index is 575. The zero-order valence-electron chi connectivity index (χ0n) is 10.5. The molecule has 0 aliphatic rings. The number of hydrogen-bond acceptors (Lipinski definition) is 2. The Morgan fingerprint density at radius 2 is 1.75 bits per heavy atom. The Kier molecular flexibility index (Phi) is 5.73. The van der Waals surface area contributed by atoms with Crippen LogP contribution >= 0.6 is 35.0 Å². The lowest BCUT2D eigenvalue weighted by Gasteiger charge is -2.11. The third-order valence-electron chi connectivity index (χ3n) is 2.71. The van der Waals surface area contributed by atoms with E-state index in [-0.39, 0.29) is 5.82 Å². The van der Waals surface area contributed by atoms with Crippen LogP contribution in [-0.2, 0) is 6.42 Å². The van der Waals surface area contributed by atoms with E-state index in [1.165, 1.54) is 23.9 Å². The molecule has 0 aromatic heterocycles.